The van der Waals surface area contributed by atoms with Crippen LogP contribution < -0.4 is 0 Å². The van der Waals surface area contributed by atoms with Crippen LogP contribution in [-0.4, -0.2) is 30.9 Å². The van der Waals surface area contributed by atoms with Crippen molar-refractivity contribution in [2.45, 2.75) is 25.4 Å². The lowest BCUT2D eigenvalue weighted by Gasteiger charge is -2.26. The lowest BCUT2D eigenvalue weighted by molar-refractivity contribution is -0.162. The fourth-order valence-corrected chi connectivity index (χ4v) is 1.58. The van der Waals surface area contributed by atoms with Crippen LogP contribution in [0, 0.1) is 0 Å². The third-order valence-electron chi connectivity index (χ3n) is 2.68. The van der Waals surface area contributed by atoms with Crippen LogP contribution >= 0.6 is 0 Å². The Kier molecular flexibility index (Phi) is 5.23. The second kappa shape index (κ2) is 6.68. The predicted molar refractivity (Wildman–Crippen MR) is 67.6 cm³/mol. The van der Waals surface area contributed by atoms with Gasteiger partial charge in [-0.25, -0.2) is 9.59 Å². The molecule has 0 radical (unpaired) electrons. The Morgan fingerprint density at radius 3 is 2.42 bits per heavy atom. The molecule has 1 rings (SSSR count). The fraction of sp³-hybridized carbons (Fsp3) is 0.357. The first-order chi connectivity index (χ1) is 9.03. The van der Waals surface area contributed by atoms with Crippen molar-refractivity contribution in [1.29, 1.82) is 0 Å². The molecule has 5 nitrogen and oxygen atoms in total. The van der Waals surface area contributed by atoms with E-state index in [9.17, 15) is 14.4 Å². The van der Waals surface area contributed by atoms with E-state index in [4.69, 9.17) is 4.74 Å². The summed E-state index contributed by atoms with van der Waals surface area (Å²) in [6.07, 6.45) is 0.854. The molecule has 5 heteroatoms. The van der Waals surface area contributed by atoms with Gasteiger partial charge in [0.1, 0.15) is 6.29 Å². The molecule has 1 unspecified atom stereocenters. The number of aldehydes is 1. The van der Waals surface area contributed by atoms with Gasteiger partial charge in [0, 0.05) is 12.8 Å². The SMILES string of the molecule is COC(=O)C(C)(CCC=O)OC(=O)c1ccccc1. The van der Waals surface area contributed by atoms with E-state index in [1.54, 1.807) is 30.3 Å². The van der Waals surface area contributed by atoms with Gasteiger partial charge in [0.05, 0.1) is 12.7 Å². The highest BCUT2D eigenvalue weighted by molar-refractivity contribution is 5.92. The molecular weight excluding hydrogens is 248 g/mol. The second-order valence-electron chi connectivity index (χ2n) is 4.18. The van der Waals surface area contributed by atoms with E-state index < -0.39 is 17.5 Å². The third kappa shape index (κ3) is 3.91. The molecule has 1 aromatic rings. The monoisotopic (exact) mass is 264 g/mol. The quantitative estimate of drug-likeness (QED) is 0.578. The number of rotatable bonds is 6. The lowest BCUT2D eigenvalue weighted by atomic mass is 10.00. The number of methoxy groups -OCH3 is 1. The van der Waals surface area contributed by atoms with Crippen LogP contribution in [0.2, 0.25) is 0 Å². The minimum absolute atomic E-state index is 0.0851. The Hall–Kier alpha value is -2.17. The topological polar surface area (TPSA) is 69.7 Å². The molecule has 102 valence electrons. The summed E-state index contributed by atoms with van der Waals surface area (Å²) < 4.78 is 9.82. The molecule has 1 atom stereocenters. The largest absolute Gasteiger partial charge is 0.466 e. The Labute approximate surface area is 111 Å². The molecule has 0 saturated heterocycles. The molecule has 0 saturated carbocycles. The Morgan fingerprint density at radius 1 is 1.26 bits per heavy atom. The van der Waals surface area contributed by atoms with Crippen LogP contribution in [0.5, 0.6) is 0 Å². The minimum atomic E-state index is -1.46. The van der Waals surface area contributed by atoms with E-state index in [-0.39, 0.29) is 12.8 Å². The van der Waals surface area contributed by atoms with Crippen molar-refractivity contribution in [2.75, 3.05) is 7.11 Å². The van der Waals surface area contributed by atoms with Gasteiger partial charge in [0.2, 0.25) is 5.60 Å². The Balaban J connectivity index is 2.86. The van der Waals surface area contributed by atoms with Gasteiger partial charge in [-0.1, -0.05) is 18.2 Å². The number of carbonyl (C=O) groups excluding carboxylic acids is 3. The van der Waals surface area contributed by atoms with Crippen molar-refractivity contribution < 1.29 is 23.9 Å². The molecule has 0 spiro atoms. The van der Waals surface area contributed by atoms with E-state index >= 15 is 0 Å². The summed E-state index contributed by atoms with van der Waals surface area (Å²) in [5.74, 6) is -1.31. The first kappa shape index (κ1) is 14.9. The van der Waals surface area contributed by atoms with Crippen LogP contribution in [0.15, 0.2) is 30.3 Å². The molecule has 0 heterocycles. The van der Waals surface area contributed by atoms with Gasteiger partial charge in [-0.05, 0) is 19.1 Å². The maximum atomic E-state index is 11.9. The van der Waals surface area contributed by atoms with Crippen molar-refractivity contribution in [3.8, 4) is 0 Å². The summed E-state index contributed by atoms with van der Waals surface area (Å²) in [5, 5.41) is 0. The molecular formula is C14H16O5. The van der Waals surface area contributed by atoms with E-state index in [0.717, 1.165) is 0 Å². The normalized spacial score (nSPS) is 13.2. The van der Waals surface area contributed by atoms with Crippen LogP contribution in [-0.2, 0) is 19.1 Å². The van der Waals surface area contributed by atoms with Crippen molar-refractivity contribution in [3.63, 3.8) is 0 Å². The van der Waals surface area contributed by atoms with Gasteiger partial charge in [-0.15, -0.1) is 0 Å². The third-order valence-corrected chi connectivity index (χ3v) is 2.68. The molecule has 0 aliphatic rings. The molecule has 19 heavy (non-hydrogen) atoms. The van der Waals surface area contributed by atoms with Gasteiger partial charge in [0.25, 0.3) is 0 Å². The molecule has 1 aromatic carbocycles. The van der Waals surface area contributed by atoms with E-state index in [1.807, 2.05) is 0 Å². The summed E-state index contributed by atoms with van der Waals surface area (Å²) in [6.45, 7) is 1.43. The number of esters is 2. The Bertz CT molecular complexity index is 454. The van der Waals surface area contributed by atoms with Gasteiger partial charge >= 0.3 is 11.9 Å². The highest BCUT2D eigenvalue weighted by Crippen LogP contribution is 2.21. The number of ether oxygens (including phenoxy) is 2. The number of benzene rings is 1. The van der Waals surface area contributed by atoms with Gasteiger partial charge in [-0.2, -0.15) is 0 Å². The van der Waals surface area contributed by atoms with Gasteiger partial charge in [-0.3, -0.25) is 0 Å². The molecule has 0 amide bonds. The number of carbonyl (C=O) groups is 3. The van der Waals surface area contributed by atoms with Gasteiger partial charge < -0.3 is 14.3 Å². The fourth-order valence-electron chi connectivity index (χ4n) is 1.58. The average molecular weight is 264 g/mol. The zero-order chi connectivity index (χ0) is 14.3. The highest BCUT2D eigenvalue weighted by atomic mass is 16.6. The zero-order valence-electron chi connectivity index (χ0n) is 10.9. The number of hydrogen-bond donors (Lipinski definition) is 0. The smallest absolute Gasteiger partial charge is 0.350 e. The lowest BCUT2D eigenvalue weighted by Crippen LogP contribution is -2.41. The van der Waals surface area contributed by atoms with Crippen molar-refractivity contribution >= 4 is 18.2 Å². The summed E-state index contributed by atoms with van der Waals surface area (Å²) >= 11 is 0. The summed E-state index contributed by atoms with van der Waals surface area (Å²) in [4.78, 5) is 34.0. The predicted octanol–water partition coefficient (Wildman–Crippen LogP) is 1.75. The minimum Gasteiger partial charge on any atom is -0.466 e. The second-order valence-corrected chi connectivity index (χ2v) is 4.18. The van der Waals surface area contributed by atoms with Crippen molar-refractivity contribution in [1.82, 2.24) is 0 Å². The summed E-state index contributed by atoms with van der Waals surface area (Å²) in [5.41, 5.74) is -1.12. The average Bonchev–Trinajstić information content (AvgIpc) is 2.45. The van der Waals surface area contributed by atoms with Crippen molar-refractivity contribution in [2.24, 2.45) is 0 Å². The van der Waals surface area contributed by atoms with Crippen LogP contribution in [0.1, 0.15) is 30.1 Å². The standard InChI is InChI=1S/C14H16O5/c1-14(9-6-10-15,13(17)18-2)19-12(16)11-7-4-3-5-8-11/h3-5,7-8,10H,6,9H2,1-2H3. The Morgan fingerprint density at radius 2 is 1.89 bits per heavy atom. The molecule has 0 aliphatic carbocycles. The molecule has 0 fully saturated rings. The van der Waals surface area contributed by atoms with E-state index in [0.29, 0.717) is 11.8 Å². The van der Waals surface area contributed by atoms with Crippen LogP contribution in [0.3, 0.4) is 0 Å². The summed E-state index contributed by atoms with van der Waals surface area (Å²) in [7, 11) is 1.21. The molecule has 0 aliphatic heterocycles. The van der Waals surface area contributed by atoms with Gasteiger partial charge in [0.15, 0.2) is 0 Å². The van der Waals surface area contributed by atoms with Crippen molar-refractivity contribution in [3.05, 3.63) is 35.9 Å². The summed E-state index contributed by atoms with van der Waals surface area (Å²) in [6, 6.07) is 8.32. The zero-order valence-corrected chi connectivity index (χ0v) is 10.9. The van der Waals surface area contributed by atoms with E-state index in [1.165, 1.54) is 14.0 Å². The molecule has 0 aromatic heterocycles. The maximum Gasteiger partial charge on any atom is 0.350 e. The molecule has 0 N–H and O–H groups in total. The van der Waals surface area contributed by atoms with Crippen LogP contribution in [0.4, 0.5) is 0 Å². The van der Waals surface area contributed by atoms with Crippen LogP contribution in [0.25, 0.3) is 0 Å². The first-order valence-corrected chi connectivity index (χ1v) is 5.84. The first-order valence-electron chi connectivity index (χ1n) is 5.84. The molecule has 0 bridgehead atoms. The maximum absolute atomic E-state index is 11.9. The van der Waals surface area contributed by atoms with E-state index in [2.05, 4.69) is 4.74 Å². The number of hydrogen-bond acceptors (Lipinski definition) is 5. The highest BCUT2D eigenvalue weighted by Gasteiger charge is 2.38.